The summed E-state index contributed by atoms with van der Waals surface area (Å²) < 4.78 is 0. The minimum atomic E-state index is -1.03. The highest BCUT2D eigenvalue weighted by molar-refractivity contribution is 7.98. The Balaban J connectivity index is 1.81. The summed E-state index contributed by atoms with van der Waals surface area (Å²) in [6, 6.07) is 3.34. The Morgan fingerprint density at radius 3 is 3.05 bits per heavy atom. The molecule has 100 valence electrons. The van der Waals surface area contributed by atoms with Crippen molar-refractivity contribution in [3.8, 4) is 0 Å². The predicted octanol–water partition coefficient (Wildman–Crippen LogP) is 1.74. The summed E-state index contributed by atoms with van der Waals surface area (Å²) in [5.41, 5.74) is 2.31. The van der Waals surface area contributed by atoms with Crippen LogP contribution in [0.4, 0.5) is 0 Å². The van der Waals surface area contributed by atoms with E-state index in [4.69, 9.17) is 5.11 Å². The van der Waals surface area contributed by atoms with Gasteiger partial charge in [0.25, 0.3) is 0 Å². The molecule has 0 aliphatic carbocycles. The SMILES string of the molecule is O=C(O)c1cc(CSc2ncnc3nc[nH]c23)ccn1. The molecule has 0 amide bonds. The number of thioether (sulfide) groups is 1. The van der Waals surface area contributed by atoms with Crippen LogP contribution in [-0.2, 0) is 5.75 Å². The molecule has 0 atom stereocenters. The zero-order valence-electron chi connectivity index (χ0n) is 10.1. The number of carboxylic acids is 1. The number of imidazole rings is 1. The van der Waals surface area contributed by atoms with E-state index in [1.54, 1.807) is 18.5 Å². The van der Waals surface area contributed by atoms with Crippen molar-refractivity contribution in [2.24, 2.45) is 0 Å². The van der Waals surface area contributed by atoms with Crippen molar-refractivity contribution in [2.45, 2.75) is 10.8 Å². The van der Waals surface area contributed by atoms with Crippen molar-refractivity contribution in [3.05, 3.63) is 42.2 Å². The monoisotopic (exact) mass is 287 g/mol. The highest BCUT2D eigenvalue weighted by Gasteiger charge is 2.08. The van der Waals surface area contributed by atoms with Gasteiger partial charge in [-0.25, -0.2) is 24.7 Å². The lowest BCUT2D eigenvalue weighted by Gasteiger charge is -2.02. The molecule has 8 heteroatoms. The van der Waals surface area contributed by atoms with Crippen molar-refractivity contribution in [1.29, 1.82) is 0 Å². The Bertz CT molecular complexity index is 773. The number of hydrogen-bond donors (Lipinski definition) is 2. The Hall–Kier alpha value is -2.48. The van der Waals surface area contributed by atoms with Gasteiger partial charge in [0.2, 0.25) is 0 Å². The first kappa shape index (κ1) is 12.5. The van der Waals surface area contributed by atoms with Gasteiger partial charge in [0.1, 0.15) is 22.6 Å². The number of aromatic nitrogens is 5. The number of nitrogens with one attached hydrogen (secondary N) is 1. The number of hydrogen-bond acceptors (Lipinski definition) is 6. The van der Waals surface area contributed by atoms with Crippen LogP contribution in [-0.4, -0.2) is 36.0 Å². The van der Waals surface area contributed by atoms with Crippen LogP contribution in [0.1, 0.15) is 16.1 Å². The molecule has 0 radical (unpaired) electrons. The molecule has 2 N–H and O–H groups in total. The van der Waals surface area contributed by atoms with Gasteiger partial charge in [-0.3, -0.25) is 0 Å². The molecule has 7 nitrogen and oxygen atoms in total. The van der Waals surface area contributed by atoms with Crippen LogP contribution in [0.15, 0.2) is 36.0 Å². The first-order valence-electron chi connectivity index (χ1n) is 5.69. The number of fused-ring (bicyclic) bond motifs is 1. The second-order valence-corrected chi connectivity index (χ2v) is 4.89. The molecule has 3 rings (SSSR count). The summed E-state index contributed by atoms with van der Waals surface area (Å²) in [7, 11) is 0. The number of carbonyl (C=O) groups is 1. The maximum absolute atomic E-state index is 10.9. The lowest BCUT2D eigenvalue weighted by Crippen LogP contribution is -2.00. The fourth-order valence-electron chi connectivity index (χ4n) is 1.69. The molecule has 0 aliphatic heterocycles. The second kappa shape index (κ2) is 5.25. The fourth-order valence-corrected chi connectivity index (χ4v) is 2.58. The Kier molecular flexibility index (Phi) is 3.30. The highest BCUT2D eigenvalue weighted by atomic mass is 32.2. The molecule has 0 aliphatic rings. The maximum atomic E-state index is 10.9. The van der Waals surface area contributed by atoms with Gasteiger partial charge in [-0.1, -0.05) is 11.8 Å². The number of aromatic carboxylic acids is 1. The average Bonchev–Trinajstić information content (AvgIpc) is 2.94. The minimum absolute atomic E-state index is 0.0393. The minimum Gasteiger partial charge on any atom is -0.477 e. The lowest BCUT2D eigenvalue weighted by molar-refractivity contribution is 0.0690. The maximum Gasteiger partial charge on any atom is 0.354 e. The lowest BCUT2D eigenvalue weighted by atomic mass is 10.2. The third-order valence-corrected chi connectivity index (χ3v) is 3.67. The average molecular weight is 287 g/mol. The number of aromatic amines is 1. The normalized spacial score (nSPS) is 10.8. The molecule has 0 saturated heterocycles. The molecule has 3 heterocycles. The van der Waals surface area contributed by atoms with Gasteiger partial charge in [0.15, 0.2) is 5.65 Å². The molecule has 0 saturated carbocycles. The van der Waals surface area contributed by atoms with Gasteiger partial charge < -0.3 is 10.1 Å². The van der Waals surface area contributed by atoms with Crippen LogP contribution in [0, 0.1) is 0 Å². The molecular formula is C12H9N5O2S. The zero-order chi connectivity index (χ0) is 13.9. The van der Waals surface area contributed by atoms with Crippen molar-refractivity contribution in [2.75, 3.05) is 0 Å². The number of H-pyrrole nitrogens is 1. The Morgan fingerprint density at radius 2 is 2.20 bits per heavy atom. The quantitative estimate of drug-likeness (QED) is 0.556. The Labute approximate surface area is 117 Å². The molecule has 20 heavy (non-hydrogen) atoms. The summed E-state index contributed by atoms with van der Waals surface area (Å²) in [6.07, 6.45) is 4.52. The van der Waals surface area contributed by atoms with Crippen LogP contribution < -0.4 is 0 Å². The number of pyridine rings is 1. The zero-order valence-corrected chi connectivity index (χ0v) is 11.0. The molecule has 0 unspecified atom stereocenters. The summed E-state index contributed by atoms with van der Waals surface area (Å²) in [6.45, 7) is 0. The van der Waals surface area contributed by atoms with E-state index < -0.39 is 5.97 Å². The molecule has 0 aromatic carbocycles. The van der Waals surface area contributed by atoms with E-state index in [0.717, 1.165) is 16.1 Å². The van der Waals surface area contributed by atoms with E-state index in [1.807, 2.05) is 0 Å². The topological polar surface area (TPSA) is 105 Å². The van der Waals surface area contributed by atoms with E-state index in [9.17, 15) is 4.79 Å². The van der Waals surface area contributed by atoms with E-state index in [2.05, 4.69) is 24.9 Å². The summed E-state index contributed by atoms with van der Waals surface area (Å²) in [5, 5.41) is 9.68. The Morgan fingerprint density at radius 1 is 1.30 bits per heavy atom. The van der Waals surface area contributed by atoms with E-state index in [1.165, 1.54) is 24.3 Å². The van der Waals surface area contributed by atoms with Crippen LogP contribution in [0.5, 0.6) is 0 Å². The van der Waals surface area contributed by atoms with Crippen LogP contribution in [0.2, 0.25) is 0 Å². The van der Waals surface area contributed by atoms with Crippen molar-refractivity contribution in [1.82, 2.24) is 24.9 Å². The van der Waals surface area contributed by atoms with Gasteiger partial charge in [0, 0.05) is 11.9 Å². The predicted molar refractivity (Wildman–Crippen MR) is 72.4 cm³/mol. The van der Waals surface area contributed by atoms with E-state index in [-0.39, 0.29) is 5.69 Å². The van der Waals surface area contributed by atoms with Gasteiger partial charge in [-0.15, -0.1) is 0 Å². The van der Waals surface area contributed by atoms with Crippen LogP contribution in [0.25, 0.3) is 11.2 Å². The molecule has 0 bridgehead atoms. The van der Waals surface area contributed by atoms with Gasteiger partial charge >= 0.3 is 5.97 Å². The van der Waals surface area contributed by atoms with Gasteiger partial charge in [-0.05, 0) is 17.7 Å². The third kappa shape index (κ3) is 2.45. The van der Waals surface area contributed by atoms with E-state index in [0.29, 0.717) is 11.4 Å². The highest BCUT2D eigenvalue weighted by Crippen LogP contribution is 2.25. The number of carboxylic acid groups (broad SMARTS) is 1. The largest absolute Gasteiger partial charge is 0.477 e. The molecule has 3 aromatic heterocycles. The van der Waals surface area contributed by atoms with Crippen LogP contribution >= 0.6 is 11.8 Å². The molecule has 3 aromatic rings. The van der Waals surface area contributed by atoms with E-state index >= 15 is 0 Å². The summed E-state index contributed by atoms with van der Waals surface area (Å²) in [4.78, 5) is 29.9. The first-order valence-corrected chi connectivity index (χ1v) is 6.67. The van der Waals surface area contributed by atoms with Crippen molar-refractivity contribution in [3.63, 3.8) is 0 Å². The summed E-state index contributed by atoms with van der Waals surface area (Å²) in [5.74, 6) is -0.441. The van der Waals surface area contributed by atoms with Gasteiger partial charge in [-0.2, -0.15) is 0 Å². The molecule has 0 spiro atoms. The molecular weight excluding hydrogens is 278 g/mol. The summed E-state index contributed by atoms with van der Waals surface area (Å²) >= 11 is 1.48. The third-order valence-electron chi connectivity index (χ3n) is 2.61. The second-order valence-electron chi connectivity index (χ2n) is 3.92. The molecule has 0 fully saturated rings. The smallest absolute Gasteiger partial charge is 0.354 e. The number of nitrogens with zero attached hydrogens (tertiary/aromatic N) is 4. The fraction of sp³-hybridized carbons (Fsp3) is 0.0833. The van der Waals surface area contributed by atoms with Gasteiger partial charge in [0.05, 0.1) is 6.33 Å². The van der Waals surface area contributed by atoms with Crippen molar-refractivity contribution < 1.29 is 9.90 Å². The standard InChI is InChI=1S/C12H9N5O2S/c18-12(19)8-3-7(1-2-13-8)4-20-11-9-10(15-5-14-9)16-6-17-11/h1-3,5-6H,4H2,(H,18,19)(H,14,15,16,17). The van der Waals surface area contributed by atoms with Crippen LogP contribution in [0.3, 0.4) is 0 Å². The van der Waals surface area contributed by atoms with Crippen molar-refractivity contribution >= 4 is 28.9 Å². The number of rotatable bonds is 4. The first-order chi connectivity index (χ1) is 9.74.